The second-order valence-electron chi connectivity index (χ2n) is 12.1. The first-order chi connectivity index (χ1) is 18.8. The smallest absolute Gasteiger partial charge is 0.329 e. The van der Waals surface area contributed by atoms with Gasteiger partial charge in [-0.05, 0) is 59.4 Å². The predicted molar refractivity (Wildman–Crippen MR) is 154 cm³/mol. The van der Waals surface area contributed by atoms with Gasteiger partial charge >= 0.3 is 11.9 Å². The molecule has 41 heavy (non-hydrogen) atoms. The first-order valence-corrected chi connectivity index (χ1v) is 13.5. The second-order valence-corrected chi connectivity index (χ2v) is 12.1. The summed E-state index contributed by atoms with van der Waals surface area (Å²) in [5.74, 6) is -3.63. The maximum Gasteiger partial charge on any atom is 0.329 e. The van der Waals surface area contributed by atoms with Gasteiger partial charge in [0.05, 0.1) is 13.0 Å². The zero-order valence-electron chi connectivity index (χ0n) is 25.3. The molecule has 0 spiro atoms. The van der Waals surface area contributed by atoms with Gasteiger partial charge < -0.3 is 31.2 Å². The highest BCUT2D eigenvalue weighted by Crippen LogP contribution is 2.14. The van der Waals surface area contributed by atoms with Crippen LogP contribution in [0.2, 0.25) is 0 Å². The maximum atomic E-state index is 13.2. The molecule has 0 unspecified atom stereocenters. The Balaban J connectivity index is 2.85. The van der Waals surface area contributed by atoms with E-state index >= 15 is 0 Å². The summed E-state index contributed by atoms with van der Waals surface area (Å²) < 4.78 is 10.7. The summed E-state index contributed by atoms with van der Waals surface area (Å²) in [4.78, 5) is 63.4. The molecular weight excluding hydrogens is 530 g/mol. The number of nitrogens with one attached hydrogen (secondary N) is 4. The van der Waals surface area contributed by atoms with Gasteiger partial charge in [-0.3, -0.25) is 24.6 Å². The molecule has 0 aliphatic carbocycles. The van der Waals surface area contributed by atoms with Crippen LogP contribution >= 0.6 is 0 Å². The largest absolute Gasteiger partial charge is 0.460 e. The molecule has 6 N–H and O–H groups in total. The van der Waals surface area contributed by atoms with Crippen LogP contribution in [0.25, 0.3) is 0 Å². The van der Waals surface area contributed by atoms with Crippen LogP contribution in [0.15, 0.2) is 24.3 Å². The fraction of sp³-hybridized carbons (Fsp3) is 0.586. The Kier molecular flexibility index (Phi) is 13.0. The summed E-state index contributed by atoms with van der Waals surface area (Å²) in [5.41, 5.74) is 5.27. The van der Waals surface area contributed by atoms with Gasteiger partial charge in [-0.15, -0.1) is 0 Å². The predicted octanol–water partition coefficient (Wildman–Crippen LogP) is 1.72. The van der Waals surface area contributed by atoms with Crippen LogP contribution in [0.3, 0.4) is 0 Å². The van der Waals surface area contributed by atoms with Gasteiger partial charge in [-0.1, -0.05) is 38.1 Å². The number of benzene rings is 1. The Morgan fingerprint density at radius 1 is 0.878 bits per heavy atom. The van der Waals surface area contributed by atoms with Crippen LogP contribution in [0, 0.1) is 11.3 Å². The van der Waals surface area contributed by atoms with E-state index in [-0.39, 0.29) is 18.2 Å². The van der Waals surface area contributed by atoms with Crippen LogP contribution < -0.4 is 21.7 Å². The molecular formula is C29H45N5O7. The summed E-state index contributed by atoms with van der Waals surface area (Å²) in [6, 6.07) is 4.51. The lowest BCUT2D eigenvalue weighted by Crippen LogP contribution is -2.55. The standard InChI is InChI=1S/C29H45N5O7/c1-17(2)24(27(39)41-29(6,7)8)34-26(38)20(15-23(37)40-28(3,4)5)33-22(36)16-32-21(35)14-11-18-9-12-19(13-10-18)25(30)31/h9-10,12-13,17,20,24H,11,14-16H2,1-8H3,(H3,30,31)(H,32,35)(H,33,36)(H,34,38)/t20-,24-/m0/s1. The summed E-state index contributed by atoms with van der Waals surface area (Å²) in [6.07, 6.45) is 0.00915. The van der Waals surface area contributed by atoms with E-state index in [1.165, 1.54) is 0 Å². The first kappa shape index (κ1) is 35.1. The molecule has 1 rings (SSSR count). The fourth-order valence-electron chi connectivity index (χ4n) is 3.50. The van der Waals surface area contributed by atoms with Crippen molar-refractivity contribution < 1.29 is 33.4 Å². The Hall–Kier alpha value is -3.96. The van der Waals surface area contributed by atoms with Crippen molar-refractivity contribution in [2.75, 3.05) is 6.54 Å². The minimum Gasteiger partial charge on any atom is -0.460 e. The molecule has 0 saturated carbocycles. The van der Waals surface area contributed by atoms with E-state index in [9.17, 15) is 24.0 Å². The SMILES string of the molecule is CC(C)[C@H](NC(=O)[C@H](CC(=O)OC(C)(C)C)NC(=O)CNC(=O)CCc1ccc(C(=N)N)cc1)C(=O)OC(C)(C)C. The van der Waals surface area contributed by atoms with Crippen molar-refractivity contribution in [2.24, 2.45) is 11.7 Å². The highest BCUT2D eigenvalue weighted by molar-refractivity contribution is 5.95. The van der Waals surface area contributed by atoms with E-state index in [4.69, 9.17) is 20.6 Å². The second kappa shape index (κ2) is 15.2. The van der Waals surface area contributed by atoms with E-state index in [0.29, 0.717) is 12.0 Å². The van der Waals surface area contributed by atoms with Crippen molar-refractivity contribution in [1.82, 2.24) is 16.0 Å². The number of carbonyl (C=O) groups excluding carboxylic acids is 5. The van der Waals surface area contributed by atoms with Crippen LogP contribution in [0.4, 0.5) is 0 Å². The van der Waals surface area contributed by atoms with Gasteiger partial charge in [0, 0.05) is 12.0 Å². The number of ether oxygens (including phenoxy) is 2. The van der Waals surface area contributed by atoms with Gasteiger partial charge in [-0.25, -0.2) is 4.79 Å². The third-order valence-corrected chi connectivity index (χ3v) is 5.42. The summed E-state index contributed by atoms with van der Waals surface area (Å²) >= 11 is 0. The Bertz CT molecular complexity index is 1100. The Morgan fingerprint density at radius 3 is 1.93 bits per heavy atom. The number of hydrogen-bond acceptors (Lipinski definition) is 8. The third kappa shape index (κ3) is 14.3. The monoisotopic (exact) mass is 575 g/mol. The normalized spacial score (nSPS) is 13.0. The van der Waals surface area contributed by atoms with Gasteiger partial charge in [0.25, 0.3) is 0 Å². The fourth-order valence-corrected chi connectivity index (χ4v) is 3.50. The lowest BCUT2D eigenvalue weighted by Gasteiger charge is -2.28. The van der Waals surface area contributed by atoms with E-state index in [1.54, 1.807) is 79.7 Å². The first-order valence-electron chi connectivity index (χ1n) is 13.5. The molecule has 3 amide bonds. The molecule has 0 aliphatic rings. The highest BCUT2D eigenvalue weighted by Gasteiger charge is 2.33. The quantitative estimate of drug-likeness (QED) is 0.133. The maximum absolute atomic E-state index is 13.2. The van der Waals surface area contributed by atoms with E-state index < -0.39 is 65.9 Å². The summed E-state index contributed by atoms with van der Waals surface area (Å²) in [7, 11) is 0. The molecule has 12 nitrogen and oxygen atoms in total. The molecule has 0 fully saturated rings. The zero-order valence-corrected chi connectivity index (χ0v) is 25.3. The average molecular weight is 576 g/mol. The molecule has 228 valence electrons. The molecule has 0 heterocycles. The third-order valence-electron chi connectivity index (χ3n) is 5.42. The molecule has 1 aromatic rings. The van der Waals surface area contributed by atoms with Crippen molar-refractivity contribution in [3.05, 3.63) is 35.4 Å². The van der Waals surface area contributed by atoms with Crippen molar-refractivity contribution in [3.8, 4) is 0 Å². The van der Waals surface area contributed by atoms with E-state index in [1.807, 2.05) is 0 Å². The van der Waals surface area contributed by atoms with Gasteiger partial charge in [-0.2, -0.15) is 0 Å². The minimum absolute atomic E-state index is 0.0523. The number of amides is 3. The van der Waals surface area contributed by atoms with Gasteiger partial charge in [0.2, 0.25) is 17.7 Å². The number of hydrogen-bond donors (Lipinski definition) is 5. The zero-order chi connectivity index (χ0) is 31.5. The highest BCUT2D eigenvalue weighted by atomic mass is 16.6. The van der Waals surface area contributed by atoms with Crippen LogP contribution in [0.1, 0.15) is 79.4 Å². The van der Waals surface area contributed by atoms with Crippen molar-refractivity contribution in [3.63, 3.8) is 0 Å². The molecule has 2 atom stereocenters. The number of carbonyl (C=O) groups is 5. The Morgan fingerprint density at radius 2 is 1.44 bits per heavy atom. The number of rotatable bonds is 13. The van der Waals surface area contributed by atoms with Crippen molar-refractivity contribution in [2.45, 2.75) is 97.9 Å². The van der Waals surface area contributed by atoms with Crippen molar-refractivity contribution in [1.29, 1.82) is 5.41 Å². The number of amidine groups is 1. The molecule has 0 aliphatic heterocycles. The Labute approximate surface area is 242 Å². The number of nitrogens with two attached hydrogens (primary N) is 1. The van der Waals surface area contributed by atoms with E-state index in [0.717, 1.165) is 5.56 Å². The summed E-state index contributed by atoms with van der Waals surface area (Å²) in [6.45, 7) is 13.1. The number of aryl methyl sites for hydroxylation is 1. The number of esters is 2. The van der Waals surface area contributed by atoms with Gasteiger partial charge in [0.1, 0.15) is 29.1 Å². The molecule has 0 aromatic heterocycles. The number of nitrogen functional groups attached to an aromatic ring is 1. The van der Waals surface area contributed by atoms with Crippen LogP contribution in [0.5, 0.6) is 0 Å². The van der Waals surface area contributed by atoms with E-state index in [2.05, 4.69) is 16.0 Å². The molecule has 0 saturated heterocycles. The topological polar surface area (TPSA) is 190 Å². The van der Waals surface area contributed by atoms with Crippen LogP contribution in [-0.4, -0.2) is 65.3 Å². The lowest BCUT2D eigenvalue weighted by atomic mass is 10.0. The minimum atomic E-state index is -1.36. The van der Waals surface area contributed by atoms with Gasteiger partial charge in [0.15, 0.2) is 0 Å². The van der Waals surface area contributed by atoms with Crippen molar-refractivity contribution >= 4 is 35.5 Å². The van der Waals surface area contributed by atoms with Crippen LogP contribution in [-0.2, 0) is 39.9 Å². The molecule has 0 radical (unpaired) electrons. The molecule has 1 aromatic carbocycles. The average Bonchev–Trinajstić information content (AvgIpc) is 2.81. The lowest BCUT2D eigenvalue weighted by molar-refractivity contribution is -0.160. The molecule has 12 heteroatoms. The molecule has 0 bridgehead atoms. The summed E-state index contributed by atoms with van der Waals surface area (Å²) in [5, 5.41) is 15.0.